The first-order valence-electron chi connectivity index (χ1n) is 7.19. The third kappa shape index (κ3) is 2.19. The lowest BCUT2D eigenvalue weighted by molar-refractivity contribution is 0.444. The van der Waals surface area contributed by atoms with E-state index in [9.17, 15) is 9.90 Å². The first-order valence-corrected chi connectivity index (χ1v) is 7.19. The van der Waals surface area contributed by atoms with Crippen LogP contribution >= 0.6 is 0 Å². The van der Waals surface area contributed by atoms with Gasteiger partial charge in [-0.3, -0.25) is 9.36 Å². The molecular weight excluding hydrogens is 290 g/mol. The second-order valence-corrected chi connectivity index (χ2v) is 5.18. The SMILES string of the molecule is O=c1cc2n(-c3ccccc3)c(O)cn2nc1-c1ccccc1. The third-order valence-corrected chi connectivity index (χ3v) is 3.69. The van der Waals surface area contributed by atoms with Crippen LogP contribution in [0.4, 0.5) is 0 Å². The van der Waals surface area contributed by atoms with Gasteiger partial charge in [-0.05, 0) is 12.1 Å². The monoisotopic (exact) mass is 303 g/mol. The number of aromatic hydroxyl groups is 1. The molecule has 0 unspecified atom stereocenters. The molecule has 5 nitrogen and oxygen atoms in total. The van der Waals surface area contributed by atoms with E-state index in [1.165, 1.54) is 16.8 Å². The Morgan fingerprint density at radius 3 is 2.26 bits per heavy atom. The number of benzene rings is 2. The van der Waals surface area contributed by atoms with Crippen molar-refractivity contribution < 1.29 is 5.11 Å². The molecule has 1 N–H and O–H groups in total. The highest BCUT2D eigenvalue weighted by Crippen LogP contribution is 2.22. The second-order valence-electron chi connectivity index (χ2n) is 5.18. The van der Waals surface area contributed by atoms with Crippen molar-refractivity contribution in [2.75, 3.05) is 0 Å². The van der Waals surface area contributed by atoms with E-state index in [4.69, 9.17) is 0 Å². The van der Waals surface area contributed by atoms with Crippen molar-refractivity contribution in [1.82, 2.24) is 14.2 Å². The summed E-state index contributed by atoms with van der Waals surface area (Å²) in [6.45, 7) is 0. The van der Waals surface area contributed by atoms with Crippen LogP contribution < -0.4 is 5.43 Å². The summed E-state index contributed by atoms with van der Waals surface area (Å²) >= 11 is 0. The lowest BCUT2D eigenvalue weighted by Gasteiger charge is -2.06. The van der Waals surface area contributed by atoms with Crippen LogP contribution in [-0.4, -0.2) is 19.3 Å². The Morgan fingerprint density at radius 2 is 1.57 bits per heavy atom. The van der Waals surface area contributed by atoms with Crippen LogP contribution in [0, 0.1) is 0 Å². The fraction of sp³-hybridized carbons (Fsp3) is 0. The standard InChI is InChI=1S/C18H13N3O2/c22-15-11-16-20(19-18(15)13-7-3-1-4-8-13)12-17(23)21(16)14-9-5-2-6-10-14/h1-12,23H. The summed E-state index contributed by atoms with van der Waals surface area (Å²) in [4.78, 5) is 12.5. The van der Waals surface area contributed by atoms with E-state index in [1.807, 2.05) is 60.7 Å². The Labute approximate surface area is 131 Å². The number of fused-ring (bicyclic) bond motifs is 1. The van der Waals surface area contributed by atoms with Crippen molar-refractivity contribution in [1.29, 1.82) is 0 Å². The molecule has 0 radical (unpaired) electrons. The molecule has 2 aromatic heterocycles. The van der Waals surface area contributed by atoms with E-state index >= 15 is 0 Å². The summed E-state index contributed by atoms with van der Waals surface area (Å²) in [6.07, 6.45) is 1.49. The van der Waals surface area contributed by atoms with Crippen LogP contribution in [0.1, 0.15) is 0 Å². The van der Waals surface area contributed by atoms with Crippen molar-refractivity contribution in [3.63, 3.8) is 0 Å². The van der Waals surface area contributed by atoms with Crippen LogP contribution in [0.15, 0.2) is 77.7 Å². The maximum absolute atomic E-state index is 12.5. The summed E-state index contributed by atoms with van der Waals surface area (Å²) in [5, 5.41) is 14.6. The first-order chi connectivity index (χ1) is 11.2. The Balaban J connectivity index is 1.98. The predicted octanol–water partition coefficient (Wildman–Crippen LogP) is 2.86. The van der Waals surface area contributed by atoms with Crippen molar-refractivity contribution in [3.8, 4) is 22.8 Å². The number of para-hydroxylation sites is 1. The van der Waals surface area contributed by atoms with E-state index in [0.29, 0.717) is 11.3 Å². The van der Waals surface area contributed by atoms with Gasteiger partial charge in [0, 0.05) is 11.6 Å². The molecule has 0 spiro atoms. The van der Waals surface area contributed by atoms with E-state index in [-0.39, 0.29) is 11.3 Å². The molecule has 112 valence electrons. The lowest BCUT2D eigenvalue weighted by Crippen LogP contribution is -2.11. The molecular formula is C18H13N3O2. The highest BCUT2D eigenvalue weighted by atomic mass is 16.3. The second kappa shape index (κ2) is 5.14. The maximum atomic E-state index is 12.5. The van der Waals surface area contributed by atoms with E-state index in [2.05, 4.69) is 5.10 Å². The van der Waals surface area contributed by atoms with Gasteiger partial charge in [-0.1, -0.05) is 48.5 Å². The summed E-state index contributed by atoms with van der Waals surface area (Å²) in [6, 6.07) is 20.1. The minimum Gasteiger partial charge on any atom is -0.493 e. The fourth-order valence-electron chi connectivity index (χ4n) is 2.64. The summed E-state index contributed by atoms with van der Waals surface area (Å²) in [5.41, 5.74) is 2.19. The largest absolute Gasteiger partial charge is 0.493 e. The maximum Gasteiger partial charge on any atom is 0.216 e. The number of rotatable bonds is 2. The molecule has 23 heavy (non-hydrogen) atoms. The molecule has 2 aromatic carbocycles. The Morgan fingerprint density at radius 1 is 0.913 bits per heavy atom. The normalized spacial score (nSPS) is 11.0. The van der Waals surface area contributed by atoms with Crippen LogP contribution in [0.25, 0.3) is 22.6 Å². The summed E-state index contributed by atoms with van der Waals surface area (Å²) < 4.78 is 3.11. The quantitative estimate of drug-likeness (QED) is 0.619. The van der Waals surface area contributed by atoms with Crippen molar-refractivity contribution in [2.24, 2.45) is 0 Å². The third-order valence-electron chi connectivity index (χ3n) is 3.69. The van der Waals surface area contributed by atoms with Gasteiger partial charge in [-0.15, -0.1) is 0 Å². The van der Waals surface area contributed by atoms with Crippen LogP contribution in [0.3, 0.4) is 0 Å². The van der Waals surface area contributed by atoms with E-state index in [0.717, 1.165) is 11.3 Å². The van der Waals surface area contributed by atoms with Gasteiger partial charge in [0.05, 0.1) is 11.9 Å². The number of imidazole rings is 1. The average Bonchev–Trinajstić information content (AvgIpc) is 2.90. The van der Waals surface area contributed by atoms with Crippen LogP contribution in [0.2, 0.25) is 0 Å². The van der Waals surface area contributed by atoms with Crippen molar-refractivity contribution >= 4 is 5.65 Å². The van der Waals surface area contributed by atoms with Gasteiger partial charge in [0.2, 0.25) is 11.3 Å². The van der Waals surface area contributed by atoms with Crippen molar-refractivity contribution in [2.45, 2.75) is 0 Å². The summed E-state index contributed by atoms with van der Waals surface area (Å²) in [7, 11) is 0. The van der Waals surface area contributed by atoms with E-state index < -0.39 is 0 Å². The molecule has 4 rings (SSSR count). The molecule has 0 saturated carbocycles. The lowest BCUT2D eigenvalue weighted by atomic mass is 10.1. The zero-order valence-corrected chi connectivity index (χ0v) is 12.1. The molecule has 0 fully saturated rings. The van der Waals surface area contributed by atoms with Crippen LogP contribution in [-0.2, 0) is 0 Å². The molecule has 0 aliphatic carbocycles. The Bertz CT molecular complexity index is 1030. The molecule has 0 aliphatic rings. The first kappa shape index (κ1) is 13.3. The fourth-order valence-corrected chi connectivity index (χ4v) is 2.64. The number of hydrogen-bond acceptors (Lipinski definition) is 3. The molecule has 0 atom stereocenters. The molecule has 2 heterocycles. The number of hydrogen-bond donors (Lipinski definition) is 1. The molecule has 0 amide bonds. The minimum absolute atomic E-state index is 0.0216. The number of nitrogens with zero attached hydrogens (tertiary/aromatic N) is 3. The smallest absolute Gasteiger partial charge is 0.216 e. The van der Waals surface area contributed by atoms with Gasteiger partial charge in [0.15, 0.2) is 0 Å². The van der Waals surface area contributed by atoms with Crippen LogP contribution in [0.5, 0.6) is 5.88 Å². The van der Waals surface area contributed by atoms with Gasteiger partial charge in [-0.2, -0.15) is 5.10 Å². The minimum atomic E-state index is -0.188. The van der Waals surface area contributed by atoms with E-state index in [1.54, 1.807) is 4.57 Å². The topological polar surface area (TPSA) is 59.5 Å². The van der Waals surface area contributed by atoms with Gasteiger partial charge in [-0.25, -0.2) is 4.52 Å². The van der Waals surface area contributed by atoms with Gasteiger partial charge in [0.1, 0.15) is 11.3 Å². The predicted molar refractivity (Wildman–Crippen MR) is 87.9 cm³/mol. The average molecular weight is 303 g/mol. The van der Waals surface area contributed by atoms with Gasteiger partial charge < -0.3 is 5.11 Å². The molecule has 0 aliphatic heterocycles. The molecule has 5 heteroatoms. The number of aromatic nitrogens is 3. The molecule has 0 bridgehead atoms. The zero-order valence-electron chi connectivity index (χ0n) is 12.1. The highest BCUT2D eigenvalue weighted by Gasteiger charge is 2.13. The summed E-state index contributed by atoms with van der Waals surface area (Å²) in [5.74, 6) is 0.0216. The van der Waals surface area contributed by atoms with Gasteiger partial charge >= 0.3 is 0 Å². The van der Waals surface area contributed by atoms with Crippen molar-refractivity contribution in [3.05, 3.63) is 83.2 Å². The molecule has 4 aromatic rings. The Kier molecular flexibility index (Phi) is 2.98. The highest BCUT2D eigenvalue weighted by molar-refractivity contribution is 5.61. The zero-order chi connectivity index (χ0) is 15.8. The van der Waals surface area contributed by atoms with Gasteiger partial charge in [0.25, 0.3) is 0 Å². The Hall–Kier alpha value is -3.34. The molecule has 0 saturated heterocycles.